The molecule has 1 aliphatic heterocycles. The lowest BCUT2D eigenvalue weighted by Gasteiger charge is -2.34. The summed E-state index contributed by atoms with van der Waals surface area (Å²) >= 11 is 1.36. The van der Waals surface area contributed by atoms with Crippen LogP contribution in [0.4, 0.5) is 0 Å². The van der Waals surface area contributed by atoms with E-state index in [9.17, 15) is 13.2 Å². The van der Waals surface area contributed by atoms with E-state index in [1.54, 1.807) is 4.90 Å². The number of rotatable bonds is 8. The summed E-state index contributed by atoms with van der Waals surface area (Å²) in [6, 6.07) is 19.2. The van der Waals surface area contributed by atoms with E-state index in [1.807, 2.05) is 72.2 Å². The molecule has 2 aromatic carbocycles. The van der Waals surface area contributed by atoms with E-state index in [2.05, 4.69) is 10.2 Å². The molecule has 0 saturated carbocycles. The summed E-state index contributed by atoms with van der Waals surface area (Å²) in [5.74, 6) is 0.996. The second-order valence-corrected chi connectivity index (χ2v) is 10.8. The summed E-state index contributed by atoms with van der Waals surface area (Å²) in [5, 5.41) is 9.10. The summed E-state index contributed by atoms with van der Waals surface area (Å²) in [6.07, 6.45) is 0. The molecule has 0 unspecified atom stereocenters. The first-order chi connectivity index (χ1) is 15.9. The van der Waals surface area contributed by atoms with Crippen LogP contribution in [0.2, 0.25) is 0 Å². The van der Waals surface area contributed by atoms with Gasteiger partial charge in [0.15, 0.2) is 5.16 Å². The summed E-state index contributed by atoms with van der Waals surface area (Å²) in [5.41, 5.74) is 1.91. The molecule has 1 aromatic heterocycles. The highest BCUT2D eigenvalue weighted by molar-refractivity contribution is 7.99. The fourth-order valence-electron chi connectivity index (χ4n) is 3.73. The third kappa shape index (κ3) is 6.01. The number of hydrogen-bond acceptors (Lipinski definition) is 6. The summed E-state index contributed by atoms with van der Waals surface area (Å²) in [4.78, 5) is 14.5. The normalized spacial score (nSPS) is 15.0. The standard InChI is InChI=1S/C23H27N5O3S2/c1-19-24-25-23(28(19)16-20-8-4-2-5-9-20)32-17-22(29)26-12-14-27(15-13-26)33(30,31)18-21-10-6-3-7-11-21/h2-11H,12-18H2,1H3. The third-order valence-corrected chi connectivity index (χ3v) is 8.39. The summed E-state index contributed by atoms with van der Waals surface area (Å²) in [7, 11) is -3.40. The van der Waals surface area contributed by atoms with Crippen molar-refractivity contribution in [3.05, 3.63) is 77.6 Å². The van der Waals surface area contributed by atoms with Crippen molar-refractivity contribution in [2.24, 2.45) is 0 Å². The van der Waals surface area contributed by atoms with E-state index < -0.39 is 10.0 Å². The predicted octanol–water partition coefficient (Wildman–Crippen LogP) is 2.40. The molecule has 0 spiro atoms. The van der Waals surface area contributed by atoms with Gasteiger partial charge < -0.3 is 9.47 Å². The number of thioether (sulfide) groups is 1. The van der Waals surface area contributed by atoms with Gasteiger partial charge in [-0.05, 0) is 18.1 Å². The smallest absolute Gasteiger partial charge is 0.233 e. The summed E-state index contributed by atoms with van der Waals surface area (Å²) < 4.78 is 28.9. The Morgan fingerprint density at radius 3 is 2.15 bits per heavy atom. The fraction of sp³-hybridized carbons (Fsp3) is 0.348. The van der Waals surface area contributed by atoms with Gasteiger partial charge in [-0.1, -0.05) is 72.4 Å². The molecule has 174 valence electrons. The molecule has 1 fully saturated rings. The van der Waals surface area contributed by atoms with Crippen molar-refractivity contribution in [3.63, 3.8) is 0 Å². The van der Waals surface area contributed by atoms with Gasteiger partial charge in [0.1, 0.15) is 5.82 Å². The topological polar surface area (TPSA) is 88.4 Å². The Hall–Kier alpha value is -2.69. The molecule has 1 saturated heterocycles. The number of sulfonamides is 1. The first kappa shape index (κ1) is 23.5. The number of amides is 1. The number of carbonyl (C=O) groups excluding carboxylic acids is 1. The van der Waals surface area contributed by atoms with Crippen molar-refractivity contribution >= 4 is 27.7 Å². The first-order valence-corrected chi connectivity index (χ1v) is 13.4. The molecule has 0 N–H and O–H groups in total. The molecule has 2 heterocycles. The highest BCUT2D eigenvalue weighted by atomic mass is 32.2. The van der Waals surface area contributed by atoms with E-state index in [-0.39, 0.29) is 17.4 Å². The number of aromatic nitrogens is 3. The Morgan fingerprint density at radius 1 is 0.909 bits per heavy atom. The maximum Gasteiger partial charge on any atom is 0.233 e. The number of nitrogens with zero attached hydrogens (tertiary/aromatic N) is 5. The molecule has 1 aliphatic rings. The van der Waals surface area contributed by atoms with Crippen molar-refractivity contribution in [2.75, 3.05) is 31.9 Å². The van der Waals surface area contributed by atoms with Crippen LogP contribution in [0.5, 0.6) is 0 Å². The monoisotopic (exact) mass is 485 g/mol. The van der Waals surface area contributed by atoms with E-state index >= 15 is 0 Å². The molecule has 0 atom stereocenters. The lowest BCUT2D eigenvalue weighted by atomic mass is 10.2. The zero-order chi connectivity index (χ0) is 23.3. The third-order valence-electron chi connectivity index (χ3n) is 5.59. The average Bonchev–Trinajstić information content (AvgIpc) is 3.17. The van der Waals surface area contributed by atoms with Crippen LogP contribution in [-0.4, -0.2) is 70.2 Å². The molecule has 0 bridgehead atoms. The maximum atomic E-state index is 12.8. The molecule has 8 nitrogen and oxygen atoms in total. The van der Waals surface area contributed by atoms with Crippen molar-refractivity contribution < 1.29 is 13.2 Å². The zero-order valence-corrected chi connectivity index (χ0v) is 20.1. The van der Waals surface area contributed by atoms with Crippen LogP contribution in [-0.2, 0) is 27.1 Å². The second kappa shape index (κ2) is 10.5. The number of benzene rings is 2. The van der Waals surface area contributed by atoms with E-state index in [0.29, 0.717) is 37.9 Å². The molecule has 4 rings (SSSR count). The van der Waals surface area contributed by atoms with E-state index in [0.717, 1.165) is 17.0 Å². The van der Waals surface area contributed by atoms with Gasteiger partial charge in [-0.25, -0.2) is 8.42 Å². The zero-order valence-electron chi connectivity index (χ0n) is 18.5. The molecular weight excluding hydrogens is 458 g/mol. The Morgan fingerprint density at radius 2 is 1.52 bits per heavy atom. The minimum Gasteiger partial charge on any atom is -0.339 e. The van der Waals surface area contributed by atoms with Gasteiger partial charge in [-0.3, -0.25) is 4.79 Å². The minimum atomic E-state index is -3.40. The van der Waals surface area contributed by atoms with E-state index in [4.69, 9.17) is 0 Å². The van der Waals surface area contributed by atoms with Gasteiger partial charge >= 0.3 is 0 Å². The second-order valence-electron chi connectivity index (χ2n) is 7.91. The molecule has 0 radical (unpaired) electrons. The van der Waals surface area contributed by atoms with Crippen LogP contribution in [0.15, 0.2) is 65.8 Å². The minimum absolute atomic E-state index is 0.0198. The molecule has 33 heavy (non-hydrogen) atoms. The van der Waals surface area contributed by atoms with Crippen LogP contribution >= 0.6 is 11.8 Å². The molecule has 10 heteroatoms. The Kier molecular flexibility index (Phi) is 7.46. The largest absolute Gasteiger partial charge is 0.339 e. The van der Waals surface area contributed by atoms with Gasteiger partial charge in [-0.15, -0.1) is 10.2 Å². The van der Waals surface area contributed by atoms with Crippen molar-refractivity contribution in [2.45, 2.75) is 24.4 Å². The molecule has 1 amide bonds. The number of piperazine rings is 1. The Bertz CT molecular complexity index is 1180. The summed E-state index contributed by atoms with van der Waals surface area (Å²) in [6.45, 7) is 3.96. The van der Waals surface area contributed by atoms with Crippen molar-refractivity contribution in [1.29, 1.82) is 0 Å². The Labute approximate surface area is 198 Å². The van der Waals surface area contributed by atoms with E-state index in [1.165, 1.54) is 16.1 Å². The van der Waals surface area contributed by atoms with Crippen molar-refractivity contribution in [1.82, 2.24) is 24.0 Å². The fourth-order valence-corrected chi connectivity index (χ4v) is 6.13. The van der Waals surface area contributed by atoms with Gasteiger partial charge in [0, 0.05) is 26.2 Å². The Balaban J connectivity index is 1.30. The quantitative estimate of drug-likeness (QED) is 0.455. The van der Waals surface area contributed by atoms with Crippen LogP contribution in [0.3, 0.4) is 0 Å². The van der Waals surface area contributed by atoms with Gasteiger partial charge in [-0.2, -0.15) is 4.31 Å². The molecule has 3 aromatic rings. The lowest BCUT2D eigenvalue weighted by molar-refractivity contribution is -0.129. The highest BCUT2D eigenvalue weighted by Gasteiger charge is 2.29. The number of hydrogen-bond donors (Lipinski definition) is 0. The van der Waals surface area contributed by atoms with Crippen LogP contribution in [0, 0.1) is 6.92 Å². The van der Waals surface area contributed by atoms with Crippen LogP contribution < -0.4 is 0 Å². The molecular formula is C23H27N5O3S2. The van der Waals surface area contributed by atoms with Crippen LogP contribution in [0.25, 0.3) is 0 Å². The average molecular weight is 486 g/mol. The lowest BCUT2D eigenvalue weighted by Crippen LogP contribution is -2.51. The van der Waals surface area contributed by atoms with Crippen LogP contribution in [0.1, 0.15) is 17.0 Å². The predicted molar refractivity (Wildman–Crippen MR) is 128 cm³/mol. The number of aryl methyl sites for hydroxylation is 1. The first-order valence-electron chi connectivity index (χ1n) is 10.8. The highest BCUT2D eigenvalue weighted by Crippen LogP contribution is 2.20. The molecule has 0 aliphatic carbocycles. The van der Waals surface area contributed by atoms with Gasteiger partial charge in [0.05, 0.1) is 18.1 Å². The SMILES string of the molecule is Cc1nnc(SCC(=O)N2CCN(S(=O)(=O)Cc3ccccc3)CC2)n1Cc1ccccc1. The van der Waals surface area contributed by atoms with Crippen molar-refractivity contribution in [3.8, 4) is 0 Å². The maximum absolute atomic E-state index is 12.8. The van der Waals surface area contributed by atoms with Gasteiger partial charge in [0.2, 0.25) is 15.9 Å². The number of carbonyl (C=O) groups is 1. The van der Waals surface area contributed by atoms with Gasteiger partial charge in [0.25, 0.3) is 0 Å².